The number of carbonyl (C=O) groups excluding carboxylic acids is 2. The summed E-state index contributed by atoms with van der Waals surface area (Å²) < 4.78 is 7.04. The van der Waals surface area contributed by atoms with Crippen LogP contribution in [0, 0.1) is 12.8 Å². The summed E-state index contributed by atoms with van der Waals surface area (Å²) in [7, 11) is 0. The number of nitrogens with one attached hydrogen (secondary N) is 2. The first-order valence-corrected chi connectivity index (χ1v) is 13.8. The first-order chi connectivity index (χ1) is 19.2. The zero-order valence-electron chi connectivity index (χ0n) is 23.6. The van der Waals surface area contributed by atoms with Gasteiger partial charge in [0.25, 0.3) is 5.91 Å². The lowest BCUT2D eigenvalue weighted by Gasteiger charge is -2.31. The number of rotatable bonds is 6. The smallest absolute Gasteiger partial charge is 0.324 e. The van der Waals surface area contributed by atoms with E-state index >= 15 is 0 Å². The molecule has 40 heavy (non-hydrogen) atoms. The molecule has 208 valence electrons. The van der Waals surface area contributed by atoms with Crippen LogP contribution in [0.4, 0.5) is 16.3 Å². The van der Waals surface area contributed by atoms with E-state index < -0.39 is 0 Å². The summed E-state index contributed by atoms with van der Waals surface area (Å²) in [6.07, 6.45) is 4.30. The van der Waals surface area contributed by atoms with Crippen molar-refractivity contribution >= 4 is 23.4 Å². The van der Waals surface area contributed by atoms with Crippen molar-refractivity contribution in [3.05, 3.63) is 95.6 Å². The van der Waals surface area contributed by atoms with Crippen LogP contribution in [0.1, 0.15) is 61.0 Å². The van der Waals surface area contributed by atoms with Crippen LogP contribution in [0.3, 0.4) is 0 Å². The van der Waals surface area contributed by atoms with Crippen molar-refractivity contribution in [1.29, 1.82) is 0 Å². The fraction of sp³-hybridized carbons (Fsp3) is 0.344. The predicted octanol–water partition coefficient (Wildman–Crippen LogP) is 6.81. The van der Waals surface area contributed by atoms with Crippen molar-refractivity contribution in [2.45, 2.75) is 52.4 Å². The topological polar surface area (TPSA) is 92.4 Å². The molecule has 0 bridgehead atoms. The van der Waals surface area contributed by atoms with Gasteiger partial charge in [0.1, 0.15) is 5.82 Å². The molecule has 1 saturated heterocycles. The van der Waals surface area contributed by atoms with Gasteiger partial charge in [-0.2, -0.15) is 5.10 Å². The highest BCUT2D eigenvalue weighted by Gasteiger charge is 2.25. The molecule has 8 heteroatoms. The third kappa shape index (κ3) is 6.45. The van der Waals surface area contributed by atoms with E-state index in [1.165, 1.54) is 6.26 Å². The molecular weight excluding hydrogens is 502 g/mol. The Balaban J connectivity index is 1.21. The minimum absolute atomic E-state index is 0.0426. The summed E-state index contributed by atoms with van der Waals surface area (Å²) >= 11 is 0. The Morgan fingerprint density at radius 2 is 1.73 bits per heavy atom. The van der Waals surface area contributed by atoms with E-state index in [4.69, 9.17) is 9.52 Å². The van der Waals surface area contributed by atoms with Gasteiger partial charge in [0.15, 0.2) is 5.76 Å². The zero-order chi connectivity index (χ0) is 28.3. The van der Waals surface area contributed by atoms with E-state index in [0.29, 0.717) is 17.5 Å². The van der Waals surface area contributed by atoms with Crippen LogP contribution in [0.5, 0.6) is 0 Å². The molecule has 0 saturated carbocycles. The Hall–Kier alpha value is -4.33. The first-order valence-electron chi connectivity index (χ1n) is 13.8. The Bertz CT molecular complexity index is 1460. The van der Waals surface area contributed by atoms with Gasteiger partial charge in [-0.1, -0.05) is 50.6 Å². The second-order valence-electron chi connectivity index (χ2n) is 11.6. The predicted molar refractivity (Wildman–Crippen MR) is 157 cm³/mol. The average Bonchev–Trinajstić information content (AvgIpc) is 3.60. The maximum atomic E-state index is 13.1. The standard InChI is InChI=1S/C32H37N5O3/c1-22-10-12-26(13-11-22)37-29(21-28(35-37)32(2,3)4)34-31(39)33-25-8-5-7-24(20-25)19-23-14-16-36(17-15-23)30(38)27-9-6-18-40-27/h5-13,18,20-21,23H,14-17,19H2,1-4H3,(H2,33,34,39). The molecule has 5 rings (SSSR count). The van der Waals surface area contributed by atoms with Gasteiger partial charge in [-0.25, -0.2) is 9.48 Å². The molecule has 2 aromatic heterocycles. The quantitative estimate of drug-likeness (QED) is 0.282. The number of piperidine rings is 1. The third-order valence-corrected chi connectivity index (χ3v) is 7.34. The molecule has 0 atom stereocenters. The highest BCUT2D eigenvalue weighted by molar-refractivity contribution is 5.99. The van der Waals surface area contributed by atoms with Crippen molar-refractivity contribution in [2.75, 3.05) is 23.7 Å². The van der Waals surface area contributed by atoms with Crippen molar-refractivity contribution in [3.8, 4) is 5.69 Å². The minimum atomic E-state index is -0.324. The highest BCUT2D eigenvalue weighted by Crippen LogP contribution is 2.27. The maximum absolute atomic E-state index is 13.1. The molecule has 0 aliphatic carbocycles. The van der Waals surface area contributed by atoms with Crippen LogP contribution < -0.4 is 10.6 Å². The Kier molecular flexibility index (Phi) is 7.78. The van der Waals surface area contributed by atoms with Gasteiger partial charge in [0.05, 0.1) is 17.6 Å². The lowest BCUT2D eigenvalue weighted by molar-refractivity contribution is 0.0658. The molecule has 4 aromatic rings. The number of anilines is 2. The molecular formula is C32H37N5O3. The van der Waals surface area contributed by atoms with Crippen LogP contribution in [-0.4, -0.2) is 39.7 Å². The minimum Gasteiger partial charge on any atom is -0.459 e. The molecule has 2 N–H and O–H groups in total. The number of hydrogen-bond acceptors (Lipinski definition) is 4. The Morgan fingerprint density at radius 3 is 2.40 bits per heavy atom. The molecule has 3 amide bonds. The molecule has 2 aromatic carbocycles. The van der Waals surface area contributed by atoms with Gasteiger partial charge in [-0.05, 0) is 74.1 Å². The van der Waals surface area contributed by atoms with Crippen molar-refractivity contribution < 1.29 is 14.0 Å². The number of aryl methyl sites for hydroxylation is 1. The van der Waals surface area contributed by atoms with Crippen LogP contribution >= 0.6 is 0 Å². The fourth-order valence-electron chi connectivity index (χ4n) is 5.00. The first kappa shape index (κ1) is 27.2. The second-order valence-corrected chi connectivity index (χ2v) is 11.6. The summed E-state index contributed by atoms with van der Waals surface area (Å²) in [6.45, 7) is 9.78. The second kappa shape index (κ2) is 11.4. The number of benzene rings is 2. The highest BCUT2D eigenvalue weighted by atomic mass is 16.3. The molecule has 0 radical (unpaired) electrons. The SMILES string of the molecule is Cc1ccc(-n2nc(C(C)(C)C)cc2NC(=O)Nc2cccc(CC3CCN(C(=O)c4ccco4)CC3)c2)cc1. The van der Waals surface area contributed by atoms with Gasteiger partial charge in [0, 0.05) is 30.3 Å². The maximum Gasteiger partial charge on any atom is 0.324 e. The zero-order valence-corrected chi connectivity index (χ0v) is 23.6. The van der Waals surface area contributed by atoms with Gasteiger partial charge < -0.3 is 14.6 Å². The summed E-state index contributed by atoms with van der Waals surface area (Å²) in [4.78, 5) is 27.5. The van der Waals surface area contributed by atoms with Gasteiger partial charge in [-0.3, -0.25) is 10.1 Å². The summed E-state index contributed by atoms with van der Waals surface area (Å²) in [5.74, 6) is 1.44. The van der Waals surface area contributed by atoms with Gasteiger partial charge in [0.2, 0.25) is 0 Å². The fourth-order valence-corrected chi connectivity index (χ4v) is 5.00. The Morgan fingerprint density at radius 1 is 0.975 bits per heavy atom. The van der Waals surface area contributed by atoms with Crippen LogP contribution in [-0.2, 0) is 11.8 Å². The number of likely N-dealkylation sites (tertiary alicyclic amines) is 1. The average molecular weight is 540 g/mol. The third-order valence-electron chi connectivity index (χ3n) is 7.34. The number of urea groups is 1. The lowest BCUT2D eigenvalue weighted by Crippen LogP contribution is -2.38. The molecule has 0 spiro atoms. The summed E-state index contributed by atoms with van der Waals surface area (Å²) in [6, 6.07) is 21.1. The normalized spacial score (nSPS) is 14.2. The summed E-state index contributed by atoms with van der Waals surface area (Å²) in [5, 5.41) is 10.8. The van der Waals surface area contributed by atoms with Crippen LogP contribution in [0.15, 0.2) is 77.4 Å². The van der Waals surface area contributed by atoms with Crippen molar-refractivity contribution in [3.63, 3.8) is 0 Å². The van der Waals surface area contributed by atoms with Crippen molar-refractivity contribution in [1.82, 2.24) is 14.7 Å². The van der Waals surface area contributed by atoms with E-state index in [2.05, 4.69) is 37.5 Å². The van der Waals surface area contributed by atoms with E-state index in [0.717, 1.165) is 60.5 Å². The molecule has 1 fully saturated rings. The number of amides is 3. The van der Waals surface area contributed by atoms with E-state index in [-0.39, 0.29) is 17.4 Å². The molecule has 1 aliphatic heterocycles. The number of carbonyl (C=O) groups is 2. The molecule has 3 heterocycles. The largest absolute Gasteiger partial charge is 0.459 e. The number of nitrogens with zero attached hydrogens (tertiary/aromatic N) is 3. The van der Waals surface area contributed by atoms with E-state index in [9.17, 15) is 9.59 Å². The summed E-state index contributed by atoms with van der Waals surface area (Å²) in [5.41, 5.74) is 4.66. The number of aromatic nitrogens is 2. The van der Waals surface area contributed by atoms with Crippen LogP contribution in [0.25, 0.3) is 5.69 Å². The Labute approximate surface area is 235 Å². The lowest BCUT2D eigenvalue weighted by atomic mass is 9.90. The van der Waals surface area contributed by atoms with Gasteiger partial charge >= 0.3 is 6.03 Å². The van der Waals surface area contributed by atoms with Crippen molar-refractivity contribution in [2.24, 2.45) is 5.92 Å². The molecule has 0 unspecified atom stereocenters. The number of furan rings is 1. The van der Waals surface area contributed by atoms with E-state index in [1.807, 2.05) is 60.4 Å². The molecule has 8 nitrogen and oxygen atoms in total. The monoisotopic (exact) mass is 539 g/mol. The number of hydrogen-bond donors (Lipinski definition) is 2. The molecule has 1 aliphatic rings. The van der Waals surface area contributed by atoms with Crippen LogP contribution in [0.2, 0.25) is 0 Å². The van der Waals surface area contributed by atoms with Gasteiger partial charge in [-0.15, -0.1) is 0 Å². The van der Waals surface area contributed by atoms with E-state index in [1.54, 1.807) is 16.8 Å².